The Hall–Kier alpha value is -2.95. The lowest BCUT2D eigenvalue weighted by molar-refractivity contribution is -0.132. The summed E-state index contributed by atoms with van der Waals surface area (Å²) in [5, 5.41) is 8.90. The van der Waals surface area contributed by atoms with Crippen LogP contribution in [0.1, 0.15) is 36.0 Å². The van der Waals surface area contributed by atoms with E-state index in [9.17, 15) is 9.59 Å². The number of fused-ring (bicyclic) bond motifs is 1. The fraction of sp³-hybridized carbons (Fsp3) is 0.318. The molecule has 4 rings (SSSR count). The Kier molecular flexibility index (Phi) is 5.01. The van der Waals surface area contributed by atoms with Gasteiger partial charge in [-0.15, -0.1) is 0 Å². The molecule has 0 spiro atoms. The van der Waals surface area contributed by atoms with Gasteiger partial charge in [-0.25, -0.2) is 5.01 Å². The van der Waals surface area contributed by atoms with Gasteiger partial charge in [0.05, 0.1) is 6.54 Å². The molecule has 2 aromatic carbocycles. The molecule has 1 N–H and O–H groups in total. The lowest BCUT2D eigenvalue weighted by Gasteiger charge is -2.27. The van der Waals surface area contributed by atoms with Gasteiger partial charge in [-0.1, -0.05) is 54.6 Å². The molecule has 0 fully saturated rings. The molecule has 0 saturated carbocycles. The zero-order valence-electron chi connectivity index (χ0n) is 15.2. The van der Waals surface area contributed by atoms with Gasteiger partial charge in [0.1, 0.15) is 5.71 Å². The van der Waals surface area contributed by atoms with Gasteiger partial charge in [-0.2, -0.15) is 5.10 Å². The molecule has 5 nitrogen and oxygen atoms in total. The fourth-order valence-corrected chi connectivity index (χ4v) is 3.73. The van der Waals surface area contributed by atoms with E-state index in [-0.39, 0.29) is 17.9 Å². The SMILES string of the molecule is O=C(NC1CCc2ccccc2C1)C1=NN(Cc2ccccc2)C(=O)CC1. The summed E-state index contributed by atoms with van der Waals surface area (Å²) in [4.78, 5) is 24.9. The Morgan fingerprint density at radius 2 is 1.74 bits per heavy atom. The molecular formula is C22H23N3O2. The largest absolute Gasteiger partial charge is 0.348 e. The molecule has 2 aliphatic rings. The van der Waals surface area contributed by atoms with Crippen molar-refractivity contribution in [1.29, 1.82) is 0 Å². The number of hydrogen-bond acceptors (Lipinski definition) is 3. The molecule has 1 unspecified atom stereocenters. The predicted molar refractivity (Wildman–Crippen MR) is 104 cm³/mol. The quantitative estimate of drug-likeness (QED) is 0.910. The minimum absolute atomic E-state index is 0.0398. The first-order valence-electron chi connectivity index (χ1n) is 9.48. The van der Waals surface area contributed by atoms with Crippen molar-refractivity contribution >= 4 is 17.5 Å². The van der Waals surface area contributed by atoms with E-state index in [1.165, 1.54) is 16.1 Å². The van der Waals surface area contributed by atoms with E-state index in [2.05, 4.69) is 28.6 Å². The average molecular weight is 361 g/mol. The first-order valence-corrected chi connectivity index (χ1v) is 9.48. The van der Waals surface area contributed by atoms with Gasteiger partial charge in [0.15, 0.2) is 0 Å². The normalized spacial score (nSPS) is 19.3. The number of nitrogens with one attached hydrogen (secondary N) is 1. The first-order chi connectivity index (χ1) is 13.2. The van der Waals surface area contributed by atoms with E-state index in [1.807, 2.05) is 36.4 Å². The molecule has 0 aromatic heterocycles. The minimum Gasteiger partial charge on any atom is -0.348 e. The highest BCUT2D eigenvalue weighted by Gasteiger charge is 2.27. The second-order valence-corrected chi connectivity index (χ2v) is 7.17. The highest BCUT2D eigenvalue weighted by molar-refractivity contribution is 6.39. The van der Waals surface area contributed by atoms with Crippen molar-refractivity contribution in [2.75, 3.05) is 0 Å². The molecule has 0 radical (unpaired) electrons. The van der Waals surface area contributed by atoms with Crippen molar-refractivity contribution in [1.82, 2.24) is 10.3 Å². The number of amides is 2. The summed E-state index contributed by atoms with van der Waals surface area (Å²) >= 11 is 0. The molecule has 5 heteroatoms. The van der Waals surface area contributed by atoms with E-state index >= 15 is 0 Å². The monoisotopic (exact) mass is 361 g/mol. The second-order valence-electron chi connectivity index (χ2n) is 7.17. The van der Waals surface area contributed by atoms with Gasteiger partial charge >= 0.3 is 0 Å². The van der Waals surface area contributed by atoms with Gasteiger partial charge in [-0.3, -0.25) is 9.59 Å². The molecule has 1 atom stereocenters. The van der Waals surface area contributed by atoms with E-state index in [0.29, 0.717) is 25.1 Å². The number of hydrogen-bond donors (Lipinski definition) is 1. The summed E-state index contributed by atoms with van der Waals surface area (Å²) in [6.07, 6.45) is 3.49. The number of rotatable bonds is 4. The third kappa shape index (κ3) is 4.08. The maximum Gasteiger partial charge on any atom is 0.267 e. The van der Waals surface area contributed by atoms with Crippen LogP contribution in [0, 0.1) is 0 Å². The molecule has 0 bridgehead atoms. The van der Waals surface area contributed by atoms with Crippen LogP contribution < -0.4 is 5.32 Å². The van der Waals surface area contributed by atoms with E-state index in [4.69, 9.17) is 0 Å². The van der Waals surface area contributed by atoms with E-state index in [1.54, 1.807) is 0 Å². The lowest BCUT2D eigenvalue weighted by Crippen LogP contribution is -2.44. The minimum atomic E-state index is -0.148. The zero-order chi connectivity index (χ0) is 18.6. The van der Waals surface area contributed by atoms with Crippen LogP contribution in [0.2, 0.25) is 0 Å². The summed E-state index contributed by atoms with van der Waals surface area (Å²) in [7, 11) is 0. The van der Waals surface area contributed by atoms with Gasteiger partial charge in [0.25, 0.3) is 5.91 Å². The highest BCUT2D eigenvalue weighted by Crippen LogP contribution is 2.21. The Morgan fingerprint density at radius 1 is 1.00 bits per heavy atom. The Bertz CT molecular complexity index is 876. The van der Waals surface area contributed by atoms with E-state index in [0.717, 1.165) is 24.8 Å². The molecule has 1 aliphatic carbocycles. The standard InChI is InChI=1S/C22H23N3O2/c26-21-13-12-20(24-25(21)15-16-6-2-1-3-7-16)22(27)23-19-11-10-17-8-4-5-9-18(17)14-19/h1-9,19H,10-15H2,(H,23,27). The predicted octanol–water partition coefficient (Wildman–Crippen LogP) is 2.84. The summed E-state index contributed by atoms with van der Waals surface area (Å²) < 4.78 is 0. The lowest BCUT2D eigenvalue weighted by atomic mass is 9.88. The van der Waals surface area contributed by atoms with Crippen LogP contribution in [0.3, 0.4) is 0 Å². The summed E-state index contributed by atoms with van der Waals surface area (Å²) in [5.41, 5.74) is 4.13. The summed E-state index contributed by atoms with van der Waals surface area (Å²) in [6.45, 7) is 0.396. The van der Waals surface area contributed by atoms with Crippen LogP contribution in [0.4, 0.5) is 0 Å². The van der Waals surface area contributed by atoms with Crippen LogP contribution in [-0.2, 0) is 29.0 Å². The van der Waals surface area contributed by atoms with Crippen LogP contribution in [0.25, 0.3) is 0 Å². The molecule has 0 saturated heterocycles. The highest BCUT2D eigenvalue weighted by atomic mass is 16.2. The molecule has 1 heterocycles. The number of nitrogens with zero attached hydrogens (tertiary/aromatic N) is 2. The van der Waals surface area contributed by atoms with Crippen molar-refractivity contribution in [2.24, 2.45) is 5.10 Å². The smallest absolute Gasteiger partial charge is 0.267 e. The maximum atomic E-state index is 12.7. The molecule has 1 aliphatic heterocycles. The molecule has 2 aromatic rings. The van der Waals surface area contributed by atoms with Gasteiger partial charge in [0, 0.05) is 18.9 Å². The maximum absolute atomic E-state index is 12.7. The van der Waals surface area contributed by atoms with Crippen molar-refractivity contribution in [3.05, 3.63) is 71.3 Å². The number of benzene rings is 2. The van der Waals surface area contributed by atoms with Gasteiger partial charge in [-0.05, 0) is 36.0 Å². The summed E-state index contributed by atoms with van der Waals surface area (Å²) in [5.74, 6) is -0.188. The third-order valence-electron chi connectivity index (χ3n) is 5.22. The van der Waals surface area contributed by atoms with Crippen molar-refractivity contribution in [2.45, 2.75) is 44.7 Å². The number of carbonyl (C=O) groups is 2. The van der Waals surface area contributed by atoms with E-state index < -0.39 is 0 Å². The molecule has 138 valence electrons. The number of hydrazone groups is 1. The Morgan fingerprint density at radius 3 is 2.56 bits per heavy atom. The second kappa shape index (κ2) is 7.74. The number of aryl methyl sites for hydroxylation is 1. The Labute approximate surface area is 159 Å². The van der Waals surface area contributed by atoms with Crippen molar-refractivity contribution < 1.29 is 9.59 Å². The van der Waals surface area contributed by atoms with Crippen LogP contribution in [-0.4, -0.2) is 28.6 Å². The molecular weight excluding hydrogens is 338 g/mol. The average Bonchev–Trinajstić information content (AvgIpc) is 2.70. The van der Waals surface area contributed by atoms with Gasteiger partial charge in [0.2, 0.25) is 5.91 Å². The molecule has 2 amide bonds. The first kappa shape index (κ1) is 17.5. The Balaban J connectivity index is 1.42. The van der Waals surface area contributed by atoms with Crippen LogP contribution in [0.5, 0.6) is 0 Å². The zero-order valence-corrected chi connectivity index (χ0v) is 15.2. The van der Waals surface area contributed by atoms with Crippen molar-refractivity contribution in [3.63, 3.8) is 0 Å². The molecule has 27 heavy (non-hydrogen) atoms. The van der Waals surface area contributed by atoms with Crippen molar-refractivity contribution in [3.8, 4) is 0 Å². The van der Waals surface area contributed by atoms with Crippen LogP contribution >= 0.6 is 0 Å². The third-order valence-corrected chi connectivity index (χ3v) is 5.22. The topological polar surface area (TPSA) is 61.8 Å². The number of carbonyl (C=O) groups excluding carboxylic acids is 2. The summed E-state index contributed by atoms with van der Waals surface area (Å²) in [6, 6.07) is 18.2. The van der Waals surface area contributed by atoms with Crippen LogP contribution in [0.15, 0.2) is 59.7 Å². The van der Waals surface area contributed by atoms with Gasteiger partial charge < -0.3 is 5.32 Å². The fourth-order valence-electron chi connectivity index (χ4n) is 3.73.